The number of ether oxygens (including phenoxy) is 1. The van der Waals surface area contributed by atoms with Gasteiger partial charge in [0.05, 0.1) is 4.47 Å². The fraction of sp³-hybridized carbons (Fsp3) is 0.200. The third kappa shape index (κ3) is 3.33. The van der Waals surface area contributed by atoms with Crippen molar-refractivity contribution < 1.29 is 4.74 Å². The Morgan fingerprint density at radius 3 is 2.79 bits per heavy atom. The zero-order valence-corrected chi connectivity index (χ0v) is 9.94. The Balaban J connectivity index is 2.73. The summed E-state index contributed by atoms with van der Waals surface area (Å²) in [5, 5.41) is 0.472. The van der Waals surface area contributed by atoms with Crippen LogP contribution < -0.4 is 10.5 Å². The molecule has 0 aromatic heterocycles. The number of nitrogens with two attached hydrogens (primary N) is 1. The van der Waals surface area contributed by atoms with E-state index in [9.17, 15) is 0 Å². The topological polar surface area (TPSA) is 35.2 Å². The molecule has 4 heteroatoms. The third-order valence-electron chi connectivity index (χ3n) is 1.62. The summed E-state index contributed by atoms with van der Waals surface area (Å²) in [4.78, 5) is 0. The summed E-state index contributed by atoms with van der Waals surface area (Å²) in [5.41, 5.74) is 6.54. The lowest BCUT2D eigenvalue weighted by atomic mass is 10.2. The molecule has 14 heavy (non-hydrogen) atoms. The summed E-state index contributed by atoms with van der Waals surface area (Å²) < 4.78 is 6.25. The van der Waals surface area contributed by atoms with Crippen molar-refractivity contribution in [1.82, 2.24) is 0 Å². The smallest absolute Gasteiger partial charge is 0.134 e. The quantitative estimate of drug-likeness (QED) is 0.917. The molecule has 0 aliphatic rings. The lowest BCUT2D eigenvalue weighted by molar-refractivity contribution is 0.357. The molecule has 76 valence electrons. The van der Waals surface area contributed by atoms with Crippen LogP contribution >= 0.6 is 27.5 Å². The molecule has 0 saturated carbocycles. The van der Waals surface area contributed by atoms with Gasteiger partial charge in [0.25, 0.3) is 0 Å². The van der Waals surface area contributed by atoms with Gasteiger partial charge < -0.3 is 10.5 Å². The van der Waals surface area contributed by atoms with Crippen LogP contribution in [-0.2, 0) is 6.54 Å². The summed E-state index contributed by atoms with van der Waals surface area (Å²) in [7, 11) is 0. The van der Waals surface area contributed by atoms with E-state index in [1.54, 1.807) is 0 Å². The van der Waals surface area contributed by atoms with E-state index >= 15 is 0 Å². The van der Waals surface area contributed by atoms with Crippen molar-refractivity contribution >= 4 is 27.5 Å². The average molecular weight is 277 g/mol. The predicted octanol–water partition coefficient (Wildman–Crippen LogP) is 3.04. The lowest BCUT2D eigenvalue weighted by Gasteiger charge is -2.08. The molecule has 0 atom stereocenters. The molecule has 0 amide bonds. The molecule has 2 nitrogen and oxygen atoms in total. The van der Waals surface area contributed by atoms with Crippen molar-refractivity contribution in [3.63, 3.8) is 0 Å². The number of benzene rings is 1. The standard InChI is InChI=1S/C10H11BrClNO/c1-7(12)6-14-10-3-2-8(5-13)4-9(10)11/h2-4H,1,5-6,13H2. The van der Waals surface area contributed by atoms with Gasteiger partial charge in [0.15, 0.2) is 0 Å². The fourth-order valence-electron chi connectivity index (χ4n) is 0.944. The normalized spacial score (nSPS) is 9.93. The molecule has 0 unspecified atom stereocenters. The zero-order valence-electron chi connectivity index (χ0n) is 7.59. The zero-order chi connectivity index (χ0) is 10.6. The maximum Gasteiger partial charge on any atom is 0.134 e. The average Bonchev–Trinajstić information content (AvgIpc) is 2.15. The van der Waals surface area contributed by atoms with Crippen LogP contribution in [0.5, 0.6) is 5.75 Å². The Labute approximate surface area is 96.8 Å². The Bertz CT molecular complexity index is 341. The van der Waals surface area contributed by atoms with Crippen LogP contribution in [0.4, 0.5) is 0 Å². The van der Waals surface area contributed by atoms with E-state index in [1.807, 2.05) is 18.2 Å². The fourth-order valence-corrected chi connectivity index (χ4v) is 1.54. The van der Waals surface area contributed by atoms with E-state index in [1.165, 1.54) is 0 Å². The molecule has 0 fully saturated rings. The first kappa shape index (κ1) is 11.6. The molecular weight excluding hydrogens is 265 g/mol. The van der Waals surface area contributed by atoms with Gasteiger partial charge in [-0.1, -0.05) is 24.2 Å². The van der Waals surface area contributed by atoms with Crippen molar-refractivity contribution in [2.45, 2.75) is 6.54 Å². The van der Waals surface area contributed by atoms with E-state index in [4.69, 9.17) is 22.1 Å². The van der Waals surface area contributed by atoms with E-state index in [0.29, 0.717) is 18.2 Å². The highest BCUT2D eigenvalue weighted by Gasteiger charge is 2.02. The molecule has 1 aromatic rings. The number of rotatable bonds is 4. The summed E-state index contributed by atoms with van der Waals surface area (Å²) in [6.07, 6.45) is 0. The molecule has 0 aliphatic carbocycles. The van der Waals surface area contributed by atoms with E-state index < -0.39 is 0 Å². The second-order valence-electron chi connectivity index (χ2n) is 2.77. The van der Waals surface area contributed by atoms with Gasteiger partial charge in [-0.05, 0) is 33.6 Å². The van der Waals surface area contributed by atoms with Gasteiger partial charge >= 0.3 is 0 Å². The van der Waals surface area contributed by atoms with Crippen molar-refractivity contribution in [3.05, 3.63) is 39.8 Å². The molecular formula is C10H11BrClNO. The monoisotopic (exact) mass is 275 g/mol. The Kier molecular flexibility index (Phi) is 4.45. The van der Waals surface area contributed by atoms with Crippen LogP contribution in [0.3, 0.4) is 0 Å². The highest BCUT2D eigenvalue weighted by Crippen LogP contribution is 2.26. The molecule has 0 saturated heterocycles. The molecule has 0 aliphatic heterocycles. The lowest BCUT2D eigenvalue weighted by Crippen LogP contribution is -1.99. The Morgan fingerprint density at radius 1 is 1.57 bits per heavy atom. The van der Waals surface area contributed by atoms with Gasteiger partial charge in [-0.25, -0.2) is 0 Å². The Hall–Kier alpha value is -0.510. The predicted molar refractivity (Wildman–Crippen MR) is 62.5 cm³/mol. The SMILES string of the molecule is C=C(Cl)COc1ccc(CN)cc1Br. The molecule has 1 aromatic carbocycles. The first-order valence-corrected chi connectivity index (χ1v) is 5.25. The summed E-state index contributed by atoms with van der Waals surface area (Å²) in [6.45, 7) is 4.36. The van der Waals surface area contributed by atoms with Crippen molar-refractivity contribution in [2.75, 3.05) is 6.61 Å². The van der Waals surface area contributed by atoms with E-state index in [0.717, 1.165) is 15.8 Å². The maximum absolute atomic E-state index is 5.58. The van der Waals surface area contributed by atoms with Gasteiger partial charge in [-0.15, -0.1) is 0 Å². The van der Waals surface area contributed by atoms with E-state index in [2.05, 4.69) is 22.5 Å². The van der Waals surface area contributed by atoms with Crippen LogP contribution in [0.15, 0.2) is 34.3 Å². The van der Waals surface area contributed by atoms with Gasteiger partial charge in [0, 0.05) is 11.6 Å². The van der Waals surface area contributed by atoms with Gasteiger partial charge in [-0.2, -0.15) is 0 Å². The number of hydrogen-bond acceptors (Lipinski definition) is 2. The van der Waals surface area contributed by atoms with Crippen LogP contribution in [0.25, 0.3) is 0 Å². The number of hydrogen-bond donors (Lipinski definition) is 1. The van der Waals surface area contributed by atoms with Gasteiger partial charge in [0.2, 0.25) is 0 Å². The highest BCUT2D eigenvalue weighted by atomic mass is 79.9. The molecule has 2 N–H and O–H groups in total. The van der Waals surface area contributed by atoms with Crippen molar-refractivity contribution in [2.24, 2.45) is 5.73 Å². The first-order valence-electron chi connectivity index (χ1n) is 4.08. The van der Waals surface area contributed by atoms with Crippen LogP contribution in [0.2, 0.25) is 0 Å². The number of halogens is 2. The minimum Gasteiger partial charge on any atom is -0.487 e. The Morgan fingerprint density at radius 2 is 2.29 bits per heavy atom. The van der Waals surface area contributed by atoms with Gasteiger partial charge in [0.1, 0.15) is 12.4 Å². The molecule has 0 radical (unpaired) electrons. The van der Waals surface area contributed by atoms with Crippen molar-refractivity contribution in [1.29, 1.82) is 0 Å². The van der Waals surface area contributed by atoms with Crippen molar-refractivity contribution in [3.8, 4) is 5.75 Å². The molecule has 0 heterocycles. The highest BCUT2D eigenvalue weighted by molar-refractivity contribution is 9.10. The summed E-state index contributed by atoms with van der Waals surface area (Å²) >= 11 is 8.97. The minimum absolute atomic E-state index is 0.308. The molecule has 0 spiro atoms. The maximum atomic E-state index is 5.58. The second-order valence-corrected chi connectivity index (χ2v) is 4.16. The van der Waals surface area contributed by atoms with Crippen LogP contribution in [0.1, 0.15) is 5.56 Å². The van der Waals surface area contributed by atoms with E-state index in [-0.39, 0.29) is 0 Å². The molecule has 1 rings (SSSR count). The molecule has 0 bridgehead atoms. The van der Waals surface area contributed by atoms with Crippen LogP contribution in [0, 0.1) is 0 Å². The largest absolute Gasteiger partial charge is 0.487 e. The minimum atomic E-state index is 0.308. The second kappa shape index (κ2) is 5.39. The summed E-state index contributed by atoms with van der Waals surface area (Å²) in [6, 6.07) is 5.69. The third-order valence-corrected chi connectivity index (χ3v) is 2.35. The van der Waals surface area contributed by atoms with Crippen LogP contribution in [-0.4, -0.2) is 6.61 Å². The van der Waals surface area contributed by atoms with Gasteiger partial charge in [-0.3, -0.25) is 0 Å². The first-order chi connectivity index (χ1) is 6.63. The summed E-state index contributed by atoms with van der Waals surface area (Å²) in [5.74, 6) is 0.740.